The van der Waals surface area contributed by atoms with Crippen LogP contribution in [0.25, 0.3) is 5.57 Å². The molecule has 1 heteroatoms. The van der Waals surface area contributed by atoms with Crippen molar-refractivity contribution in [3.63, 3.8) is 0 Å². The quantitative estimate of drug-likeness (QED) is 0.709. The number of aryl methyl sites for hydroxylation is 1. The first-order valence-electron chi connectivity index (χ1n) is 6.01. The van der Waals surface area contributed by atoms with Crippen LogP contribution in [0, 0.1) is 6.92 Å². The number of hydrogen-bond acceptors (Lipinski definition) is 1. The van der Waals surface area contributed by atoms with Crippen molar-refractivity contribution in [2.45, 2.75) is 13.8 Å². The third kappa shape index (κ3) is 2.95. The molecule has 0 radical (unpaired) electrons. The van der Waals surface area contributed by atoms with Gasteiger partial charge in [0.05, 0.1) is 0 Å². The van der Waals surface area contributed by atoms with Crippen LogP contribution >= 0.6 is 0 Å². The van der Waals surface area contributed by atoms with Crippen molar-refractivity contribution in [3.05, 3.63) is 77.4 Å². The topological polar surface area (TPSA) is 17.1 Å². The van der Waals surface area contributed by atoms with Crippen LogP contribution in [0.5, 0.6) is 0 Å². The predicted molar refractivity (Wildman–Crippen MR) is 76.2 cm³/mol. The molecule has 1 aromatic carbocycles. The summed E-state index contributed by atoms with van der Waals surface area (Å²) in [5.74, 6) is 0.0606. The number of carbonyl (C=O) groups excluding carboxylic acids is 1. The summed E-state index contributed by atoms with van der Waals surface area (Å²) in [4.78, 5) is 11.6. The molecule has 0 aromatic heterocycles. The lowest BCUT2D eigenvalue weighted by molar-refractivity contribution is -0.111. The fraction of sp³-hybridized carbons (Fsp3) is 0.118. The van der Waals surface area contributed by atoms with Gasteiger partial charge in [-0.3, -0.25) is 4.79 Å². The summed E-state index contributed by atoms with van der Waals surface area (Å²) >= 11 is 0. The van der Waals surface area contributed by atoms with Crippen molar-refractivity contribution in [1.29, 1.82) is 0 Å². The molecule has 90 valence electrons. The molecular weight excluding hydrogens is 220 g/mol. The van der Waals surface area contributed by atoms with Crippen molar-refractivity contribution >= 4 is 11.4 Å². The summed E-state index contributed by atoms with van der Waals surface area (Å²) in [7, 11) is 0. The Morgan fingerprint density at radius 2 is 1.72 bits per heavy atom. The van der Waals surface area contributed by atoms with Crippen LogP contribution < -0.4 is 0 Å². The van der Waals surface area contributed by atoms with Crippen molar-refractivity contribution in [2.24, 2.45) is 0 Å². The van der Waals surface area contributed by atoms with Crippen LogP contribution in [-0.2, 0) is 4.79 Å². The van der Waals surface area contributed by atoms with Gasteiger partial charge in [0.15, 0.2) is 5.78 Å². The molecule has 0 saturated heterocycles. The van der Waals surface area contributed by atoms with E-state index in [0.717, 1.165) is 11.1 Å². The molecule has 0 N–H and O–H groups in total. The number of rotatable bonds is 2. The first kappa shape index (κ1) is 12.3. The van der Waals surface area contributed by atoms with Gasteiger partial charge in [-0.25, -0.2) is 0 Å². The molecule has 1 aliphatic carbocycles. The van der Waals surface area contributed by atoms with E-state index in [9.17, 15) is 4.79 Å². The number of ketones is 1. The number of allylic oxidation sites excluding steroid dienone is 8. The highest BCUT2D eigenvalue weighted by Gasteiger charge is 2.03. The highest BCUT2D eigenvalue weighted by molar-refractivity contribution is 6.07. The Bertz CT molecular complexity index is 566. The van der Waals surface area contributed by atoms with E-state index in [1.54, 1.807) is 12.2 Å². The van der Waals surface area contributed by atoms with E-state index in [-0.39, 0.29) is 5.78 Å². The monoisotopic (exact) mass is 236 g/mol. The van der Waals surface area contributed by atoms with Gasteiger partial charge in [0.2, 0.25) is 0 Å². The number of benzene rings is 1. The molecule has 0 spiro atoms. The second kappa shape index (κ2) is 5.46. The minimum Gasteiger partial charge on any atom is -0.289 e. The van der Waals surface area contributed by atoms with Crippen LogP contribution in [0.4, 0.5) is 0 Å². The van der Waals surface area contributed by atoms with Crippen molar-refractivity contribution in [1.82, 2.24) is 0 Å². The average molecular weight is 236 g/mol. The molecule has 1 nitrogen and oxygen atoms in total. The maximum absolute atomic E-state index is 11.6. The van der Waals surface area contributed by atoms with Crippen molar-refractivity contribution < 1.29 is 4.79 Å². The van der Waals surface area contributed by atoms with Crippen molar-refractivity contribution in [3.8, 4) is 0 Å². The molecule has 0 unspecified atom stereocenters. The molecule has 0 atom stereocenters. The van der Waals surface area contributed by atoms with Crippen LogP contribution in [-0.4, -0.2) is 5.78 Å². The smallest absolute Gasteiger partial charge is 0.185 e. The third-order valence-corrected chi connectivity index (χ3v) is 2.94. The second-order valence-electron chi connectivity index (χ2n) is 4.42. The van der Waals surface area contributed by atoms with Gasteiger partial charge in [0.1, 0.15) is 0 Å². The van der Waals surface area contributed by atoms with E-state index in [0.29, 0.717) is 0 Å². The second-order valence-corrected chi connectivity index (χ2v) is 4.42. The van der Waals surface area contributed by atoms with Gasteiger partial charge in [-0.05, 0) is 31.1 Å². The predicted octanol–water partition coefficient (Wildman–Crippen LogP) is 4.02. The minimum atomic E-state index is 0.0606. The highest BCUT2D eigenvalue weighted by atomic mass is 16.1. The van der Waals surface area contributed by atoms with E-state index < -0.39 is 0 Å². The Balaban J connectivity index is 2.21. The summed E-state index contributed by atoms with van der Waals surface area (Å²) in [6.45, 7) is 4.12. The molecule has 0 aliphatic heterocycles. The first-order valence-corrected chi connectivity index (χ1v) is 6.01. The molecule has 0 fully saturated rings. The van der Waals surface area contributed by atoms with E-state index >= 15 is 0 Å². The van der Waals surface area contributed by atoms with Crippen LogP contribution in [0.15, 0.2) is 66.3 Å². The molecular formula is C17H16O. The highest BCUT2D eigenvalue weighted by Crippen LogP contribution is 2.15. The minimum absolute atomic E-state index is 0.0606. The standard InChI is InChI=1S/C17H16O/c1-13-7-10-15(11-8-13)14(2)9-12-16-5-3-4-6-17(16)18/h3-12H,1-2H3/b14-9+,16-12-. The Kier molecular flexibility index (Phi) is 3.73. The summed E-state index contributed by atoms with van der Waals surface area (Å²) < 4.78 is 0. The first-order chi connectivity index (χ1) is 8.66. The van der Waals surface area contributed by atoms with Gasteiger partial charge < -0.3 is 0 Å². The van der Waals surface area contributed by atoms with Crippen LogP contribution in [0.2, 0.25) is 0 Å². The van der Waals surface area contributed by atoms with E-state index in [1.165, 1.54) is 11.1 Å². The number of hydrogen-bond donors (Lipinski definition) is 0. The normalized spacial score (nSPS) is 17.6. The van der Waals surface area contributed by atoms with Gasteiger partial charge >= 0.3 is 0 Å². The lowest BCUT2D eigenvalue weighted by Gasteiger charge is -2.02. The largest absolute Gasteiger partial charge is 0.289 e. The molecule has 0 amide bonds. The zero-order chi connectivity index (χ0) is 13.0. The summed E-state index contributed by atoms with van der Waals surface area (Å²) in [6, 6.07) is 8.37. The van der Waals surface area contributed by atoms with Gasteiger partial charge in [-0.15, -0.1) is 0 Å². The van der Waals surface area contributed by atoms with Gasteiger partial charge in [0, 0.05) is 5.57 Å². The summed E-state index contributed by atoms with van der Waals surface area (Å²) in [6.07, 6.45) is 10.9. The maximum Gasteiger partial charge on any atom is 0.185 e. The molecule has 18 heavy (non-hydrogen) atoms. The Hall–Kier alpha value is -2.15. The lowest BCUT2D eigenvalue weighted by atomic mass is 10.0. The molecule has 0 bridgehead atoms. The van der Waals surface area contributed by atoms with Gasteiger partial charge in [-0.2, -0.15) is 0 Å². The molecule has 1 aliphatic rings. The summed E-state index contributed by atoms with van der Waals surface area (Å²) in [5, 5.41) is 0. The van der Waals surface area contributed by atoms with E-state index in [2.05, 4.69) is 38.1 Å². The lowest BCUT2D eigenvalue weighted by Crippen LogP contribution is -1.97. The maximum atomic E-state index is 11.6. The molecule has 2 rings (SSSR count). The third-order valence-electron chi connectivity index (χ3n) is 2.94. The van der Waals surface area contributed by atoms with Gasteiger partial charge in [-0.1, -0.05) is 60.2 Å². The van der Waals surface area contributed by atoms with Crippen LogP contribution in [0.3, 0.4) is 0 Å². The zero-order valence-corrected chi connectivity index (χ0v) is 10.7. The SMILES string of the molecule is C/C(=C\C=C1\C=CC=CC1=O)c1ccc(C)cc1. The Labute approximate surface area is 108 Å². The molecule has 0 heterocycles. The molecule has 0 saturated carbocycles. The fourth-order valence-corrected chi connectivity index (χ4v) is 1.75. The Morgan fingerprint density at radius 1 is 1.06 bits per heavy atom. The fourth-order valence-electron chi connectivity index (χ4n) is 1.75. The number of carbonyl (C=O) groups is 1. The van der Waals surface area contributed by atoms with E-state index in [4.69, 9.17) is 0 Å². The zero-order valence-electron chi connectivity index (χ0n) is 10.7. The van der Waals surface area contributed by atoms with Gasteiger partial charge in [0.25, 0.3) is 0 Å². The van der Waals surface area contributed by atoms with Crippen molar-refractivity contribution in [2.75, 3.05) is 0 Å². The Morgan fingerprint density at radius 3 is 2.39 bits per heavy atom. The summed E-state index contributed by atoms with van der Waals surface area (Å²) in [5.41, 5.74) is 4.31. The average Bonchev–Trinajstić information content (AvgIpc) is 2.38. The van der Waals surface area contributed by atoms with Crippen LogP contribution in [0.1, 0.15) is 18.1 Å². The van der Waals surface area contributed by atoms with E-state index in [1.807, 2.05) is 24.3 Å². The molecule has 1 aromatic rings.